The Hall–Kier alpha value is -3.23. The summed E-state index contributed by atoms with van der Waals surface area (Å²) in [4.78, 5) is 26.3. The average Bonchev–Trinajstić information content (AvgIpc) is 2.79. The molecule has 0 unspecified atom stereocenters. The van der Waals surface area contributed by atoms with Gasteiger partial charge in [0.05, 0.1) is 19.4 Å². The fourth-order valence-electron chi connectivity index (χ4n) is 3.17. The highest BCUT2D eigenvalue weighted by Gasteiger charge is 2.11. The standard InChI is InChI=1S/C24H30N4O4/c1-18(2)26-23(29)17-32-22-9-5-19(6-10-22)15-25-27-24(30)21-7-3-20(4-8-21)16-28-11-13-31-14-12-28/h3-10,15,18H,11-14,16-17H2,1-2H3,(H,26,29)(H,27,30)/b25-15+. The Balaban J connectivity index is 1.43. The third kappa shape index (κ3) is 7.79. The van der Waals surface area contributed by atoms with E-state index in [1.54, 1.807) is 30.5 Å². The fraction of sp³-hybridized carbons (Fsp3) is 0.375. The Morgan fingerprint density at radius 1 is 1.09 bits per heavy atom. The van der Waals surface area contributed by atoms with Crippen molar-refractivity contribution in [2.75, 3.05) is 32.9 Å². The molecule has 3 rings (SSSR count). The minimum Gasteiger partial charge on any atom is -0.484 e. The first kappa shape index (κ1) is 23.4. The third-order valence-corrected chi connectivity index (χ3v) is 4.81. The lowest BCUT2D eigenvalue weighted by atomic mass is 10.1. The molecule has 8 heteroatoms. The van der Waals surface area contributed by atoms with Crippen LogP contribution in [0.15, 0.2) is 53.6 Å². The predicted octanol–water partition coefficient (Wildman–Crippen LogP) is 2.19. The molecule has 170 valence electrons. The van der Waals surface area contributed by atoms with Crippen LogP contribution in [0, 0.1) is 0 Å². The number of morpholine rings is 1. The van der Waals surface area contributed by atoms with Gasteiger partial charge in [-0.1, -0.05) is 12.1 Å². The van der Waals surface area contributed by atoms with Gasteiger partial charge in [-0.25, -0.2) is 5.43 Å². The van der Waals surface area contributed by atoms with Crippen molar-refractivity contribution in [2.24, 2.45) is 5.10 Å². The van der Waals surface area contributed by atoms with Crippen LogP contribution < -0.4 is 15.5 Å². The molecule has 0 aliphatic carbocycles. The van der Waals surface area contributed by atoms with Crippen molar-refractivity contribution in [3.8, 4) is 5.75 Å². The van der Waals surface area contributed by atoms with E-state index in [4.69, 9.17) is 9.47 Å². The first-order valence-corrected chi connectivity index (χ1v) is 10.7. The Kier molecular flexibility index (Phi) is 8.77. The Bertz CT molecular complexity index is 905. The van der Waals surface area contributed by atoms with E-state index in [1.165, 1.54) is 0 Å². The van der Waals surface area contributed by atoms with Crippen LogP contribution >= 0.6 is 0 Å². The Labute approximate surface area is 188 Å². The zero-order valence-corrected chi connectivity index (χ0v) is 18.5. The van der Waals surface area contributed by atoms with E-state index in [1.807, 2.05) is 38.1 Å². The molecule has 0 spiro atoms. The molecule has 1 fully saturated rings. The normalized spacial score (nSPS) is 14.5. The maximum atomic E-state index is 12.3. The van der Waals surface area contributed by atoms with Crippen LogP contribution in [0.4, 0.5) is 0 Å². The van der Waals surface area contributed by atoms with Gasteiger partial charge < -0.3 is 14.8 Å². The van der Waals surface area contributed by atoms with E-state index in [0.29, 0.717) is 11.3 Å². The van der Waals surface area contributed by atoms with E-state index < -0.39 is 0 Å². The maximum Gasteiger partial charge on any atom is 0.271 e. The van der Waals surface area contributed by atoms with Crippen LogP contribution in [0.1, 0.15) is 35.3 Å². The molecule has 2 aromatic carbocycles. The summed E-state index contributed by atoms with van der Waals surface area (Å²) in [5.74, 6) is 0.153. The lowest BCUT2D eigenvalue weighted by molar-refractivity contribution is -0.123. The van der Waals surface area contributed by atoms with Crippen molar-refractivity contribution in [3.05, 3.63) is 65.2 Å². The second-order valence-corrected chi connectivity index (χ2v) is 7.86. The summed E-state index contributed by atoms with van der Waals surface area (Å²) in [5.41, 5.74) is 5.05. The molecule has 0 saturated carbocycles. The van der Waals surface area contributed by atoms with Gasteiger partial charge in [-0.05, 0) is 61.4 Å². The van der Waals surface area contributed by atoms with Crippen molar-refractivity contribution < 1.29 is 19.1 Å². The first-order valence-electron chi connectivity index (χ1n) is 10.7. The van der Waals surface area contributed by atoms with Crippen molar-refractivity contribution in [1.82, 2.24) is 15.6 Å². The summed E-state index contributed by atoms with van der Waals surface area (Å²) in [7, 11) is 0. The molecule has 2 amide bonds. The quantitative estimate of drug-likeness (QED) is 0.463. The number of nitrogens with zero attached hydrogens (tertiary/aromatic N) is 2. The number of carbonyl (C=O) groups is 2. The molecule has 1 saturated heterocycles. The second kappa shape index (κ2) is 12.0. The minimum absolute atomic E-state index is 0.0348. The SMILES string of the molecule is CC(C)NC(=O)COc1ccc(/C=N/NC(=O)c2ccc(CN3CCOCC3)cc2)cc1. The van der Waals surface area contributed by atoms with E-state index in [9.17, 15) is 9.59 Å². The molecule has 0 bridgehead atoms. The molecule has 32 heavy (non-hydrogen) atoms. The molecule has 1 aliphatic heterocycles. The largest absolute Gasteiger partial charge is 0.484 e. The smallest absolute Gasteiger partial charge is 0.271 e. The van der Waals surface area contributed by atoms with Crippen LogP contribution in [0.25, 0.3) is 0 Å². The Morgan fingerprint density at radius 2 is 1.78 bits per heavy atom. The fourth-order valence-corrected chi connectivity index (χ4v) is 3.17. The summed E-state index contributed by atoms with van der Waals surface area (Å²) in [6.45, 7) is 8.00. The van der Waals surface area contributed by atoms with Crippen LogP contribution in [-0.2, 0) is 16.1 Å². The van der Waals surface area contributed by atoms with Crippen molar-refractivity contribution in [2.45, 2.75) is 26.4 Å². The van der Waals surface area contributed by atoms with Gasteiger partial charge in [0.1, 0.15) is 5.75 Å². The molecule has 2 N–H and O–H groups in total. The van der Waals surface area contributed by atoms with E-state index in [2.05, 4.69) is 20.7 Å². The number of nitrogens with one attached hydrogen (secondary N) is 2. The molecule has 1 aliphatic rings. The summed E-state index contributed by atoms with van der Waals surface area (Å²) in [5, 5.41) is 6.78. The number of rotatable bonds is 9. The van der Waals surface area contributed by atoms with E-state index in [0.717, 1.165) is 44.0 Å². The lowest BCUT2D eigenvalue weighted by Crippen LogP contribution is -2.35. The molecule has 0 atom stereocenters. The molecule has 8 nitrogen and oxygen atoms in total. The second-order valence-electron chi connectivity index (χ2n) is 7.86. The number of benzene rings is 2. The number of amides is 2. The van der Waals surface area contributed by atoms with Crippen molar-refractivity contribution in [3.63, 3.8) is 0 Å². The van der Waals surface area contributed by atoms with E-state index >= 15 is 0 Å². The summed E-state index contributed by atoms with van der Waals surface area (Å²) in [6.07, 6.45) is 1.56. The van der Waals surface area contributed by atoms with Gasteiger partial charge >= 0.3 is 0 Å². The van der Waals surface area contributed by atoms with Crippen LogP contribution in [-0.4, -0.2) is 61.9 Å². The molecule has 1 heterocycles. The summed E-state index contributed by atoms with van der Waals surface area (Å²) in [6, 6.07) is 14.7. The number of hydrogen-bond donors (Lipinski definition) is 2. The summed E-state index contributed by atoms with van der Waals surface area (Å²) >= 11 is 0. The van der Waals surface area contributed by atoms with Gasteiger partial charge in [0.25, 0.3) is 11.8 Å². The highest BCUT2D eigenvalue weighted by Crippen LogP contribution is 2.11. The summed E-state index contributed by atoms with van der Waals surface area (Å²) < 4.78 is 10.8. The number of carbonyl (C=O) groups excluding carboxylic acids is 2. The maximum absolute atomic E-state index is 12.3. The van der Waals surface area contributed by atoms with Gasteiger partial charge in [-0.15, -0.1) is 0 Å². The van der Waals surface area contributed by atoms with Crippen molar-refractivity contribution >= 4 is 18.0 Å². The van der Waals surface area contributed by atoms with Gasteiger partial charge in [0.15, 0.2) is 6.61 Å². The first-order chi connectivity index (χ1) is 15.5. The third-order valence-electron chi connectivity index (χ3n) is 4.81. The molecular formula is C24H30N4O4. The van der Waals surface area contributed by atoms with Crippen molar-refractivity contribution in [1.29, 1.82) is 0 Å². The van der Waals surface area contributed by atoms with Gasteiger partial charge in [0, 0.05) is 31.2 Å². The number of hydrazone groups is 1. The molecule has 2 aromatic rings. The lowest BCUT2D eigenvalue weighted by Gasteiger charge is -2.26. The van der Waals surface area contributed by atoms with Gasteiger partial charge in [-0.2, -0.15) is 5.10 Å². The minimum atomic E-state index is -0.268. The van der Waals surface area contributed by atoms with Crippen LogP contribution in [0.2, 0.25) is 0 Å². The van der Waals surface area contributed by atoms with E-state index in [-0.39, 0.29) is 24.5 Å². The number of hydrogen-bond acceptors (Lipinski definition) is 6. The highest BCUT2D eigenvalue weighted by atomic mass is 16.5. The topological polar surface area (TPSA) is 92.3 Å². The highest BCUT2D eigenvalue weighted by molar-refractivity contribution is 5.94. The molecular weight excluding hydrogens is 408 g/mol. The average molecular weight is 439 g/mol. The number of ether oxygens (including phenoxy) is 2. The Morgan fingerprint density at radius 3 is 2.44 bits per heavy atom. The zero-order chi connectivity index (χ0) is 22.8. The molecule has 0 aromatic heterocycles. The monoisotopic (exact) mass is 438 g/mol. The van der Waals surface area contributed by atoms with Gasteiger partial charge in [-0.3, -0.25) is 14.5 Å². The zero-order valence-electron chi connectivity index (χ0n) is 18.5. The predicted molar refractivity (Wildman–Crippen MR) is 123 cm³/mol. The van der Waals surface area contributed by atoms with Crippen LogP contribution in [0.3, 0.4) is 0 Å². The van der Waals surface area contributed by atoms with Gasteiger partial charge in [0.2, 0.25) is 0 Å². The molecule has 0 radical (unpaired) electrons. The van der Waals surface area contributed by atoms with Crippen LogP contribution in [0.5, 0.6) is 5.75 Å².